The van der Waals surface area contributed by atoms with E-state index in [1.165, 1.54) is 0 Å². The second kappa shape index (κ2) is 9.79. The highest BCUT2D eigenvalue weighted by Gasteiger charge is 2.28. The molecule has 27 heavy (non-hydrogen) atoms. The van der Waals surface area contributed by atoms with Crippen LogP contribution >= 0.6 is 0 Å². The van der Waals surface area contributed by atoms with E-state index in [0.717, 1.165) is 25.0 Å². The summed E-state index contributed by atoms with van der Waals surface area (Å²) in [6.45, 7) is 2.83. The maximum atomic E-state index is 13.5. The van der Waals surface area contributed by atoms with Gasteiger partial charge in [0.1, 0.15) is 6.54 Å². The van der Waals surface area contributed by atoms with Crippen molar-refractivity contribution in [2.75, 3.05) is 31.5 Å². The molecule has 0 bridgehead atoms. The molecule has 148 valence electrons. The standard InChI is InChI=1S/C17H22F3N5O2/c1-2-21-17(23-8-7-22-16(27)10-3-4-10)24-9-13(26)25-12-6-5-11(18)14(19)15(12)20/h5-6,10H,2-4,7-9H2,1H3,(H,22,27)(H,25,26)(H2,21,23,24). The Morgan fingerprint density at radius 2 is 1.78 bits per heavy atom. The molecule has 7 nitrogen and oxygen atoms in total. The van der Waals surface area contributed by atoms with Crippen LogP contribution in [0.2, 0.25) is 0 Å². The molecule has 1 aromatic carbocycles. The lowest BCUT2D eigenvalue weighted by Crippen LogP contribution is -2.42. The number of nitrogens with one attached hydrogen (secondary N) is 4. The number of aliphatic imine (C=N–C) groups is 1. The fraction of sp³-hybridized carbons (Fsp3) is 0.471. The summed E-state index contributed by atoms with van der Waals surface area (Å²) in [6, 6.07) is 1.65. The second-order valence-corrected chi connectivity index (χ2v) is 5.96. The van der Waals surface area contributed by atoms with Crippen LogP contribution in [0.4, 0.5) is 18.9 Å². The van der Waals surface area contributed by atoms with Crippen LogP contribution in [0.15, 0.2) is 17.1 Å². The maximum Gasteiger partial charge on any atom is 0.246 e. The van der Waals surface area contributed by atoms with Gasteiger partial charge in [0.25, 0.3) is 0 Å². The van der Waals surface area contributed by atoms with Crippen molar-refractivity contribution in [2.24, 2.45) is 10.9 Å². The second-order valence-electron chi connectivity index (χ2n) is 5.96. The molecule has 0 heterocycles. The largest absolute Gasteiger partial charge is 0.357 e. The van der Waals surface area contributed by atoms with Crippen molar-refractivity contribution in [2.45, 2.75) is 19.8 Å². The molecule has 0 saturated heterocycles. The number of hydrogen-bond donors (Lipinski definition) is 4. The van der Waals surface area contributed by atoms with Crippen LogP contribution in [0.3, 0.4) is 0 Å². The van der Waals surface area contributed by atoms with Crippen molar-refractivity contribution in [3.63, 3.8) is 0 Å². The van der Waals surface area contributed by atoms with E-state index in [4.69, 9.17) is 0 Å². The lowest BCUT2D eigenvalue weighted by molar-refractivity contribution is -0.122. The van der Waals surface area contributed by atoms with E-state index in [2.05, 4.69) is 26.3 Å². The third-order valence-corrected chi connectivity index (χ3v) is 3.70. The van der Waals surface area contributed by atoms with E-state index in [0.29, 0.717) is 25.6 Å². The number of carbonyl (C=O) groups is 2. The first-order valence-electron chi connectivity index (χ1n) is 8.65. The highest BCUT2D eigenvalue weighted by molar-refractivity contribution is 5.94. The van der Waals surface area contributed by atoms with Gasteiger partial charge in [-0.2, -0.15) is 0 Å². The number of anilines is 1. The Balaban J connectivity index is 1.81. The first-order valence-corrected chi connectivity index (χ1v) is 8.65. The van der Waals surface area contributed by atoms with Gasteiger partial charge in [0, 0.05) is 25.6 Å². The highest BCUT2D eigenvalue weighted by Crippen LogP contribution is 2.28. The van der Waals surface area contributed by atoms with Crippen LogP contribution in [0.25, 0.3) is 0 Å². The molecular formula is C17H22F3N5O2. The van der Waals surface area contributed by atoms with Crippen molar-refractivity contribution < 1.29 is 22.8 Å². The topological polar surface area (TPSA) is 94.6 Å². The van der Waals surface area contributed by atoms with Crippen LogP contribution in [0.1, 0.15) is 19.8 Å². The molecule has 1 aliphatic carbocycles. The quantitative estimate of drug-likeness (QED) is 0.234. The lowest BCUT2D eigenvalue weighted by Gasteiger charge is -2.12. The Bertz CT molecular complexity index is 723. The van der Waals surface area contributed by atoms with Gasteiger partial charge < -0.3 is 21.3 Å². The van der Waals surface area contributed by atoms with Crippen molar-refractivity contribution in [1.82, 2.24) is 16.0 Å². The van der Waals surface area contributed by atoms with Crippen LogP contribution in [-0.2, 0) is 9.59 Å². The zero-order valence-corrected chi connectivity index (χ0v) is 14.9. The van der Waals surface area contributed by atoms with Gasteiger partial charge in [0.2, 0.25) is 11.8 Å². The minimum absolute atomic E-state index is 0.0340. The molecule has 0 unspecified atom stereocenters. The normalized spacial score (nSPS) is 13.9. The average molecular weight is 385 g/mol. The summed E-state index contributed by atoms with van der Waals surface area (Å²) in [5.41, 5.74) is -0.463. The van der Waals surface area contributed by atoms with Gasteiger partial charge in [-0.05, 0) is 31.9 Å². The number of benzene rings is 1. The average Bonchev–Trinajstić information content (AvgIpc) is 3.48. The number of nitrogens with zero attached hydrogens (tertiary/aromatic N) is 1. The van der Waals surface area contributed by atoms with E-state index in [-0.39, 0.29) is 18.4 Å². The monoisotopic (exact) mass is 385 g/mol. The van der Waals surface area contributed by atoms with Gasteiger partial charge >= 0.3 is 0 Å². The van der Waals surface area contributed by atoms with Crippen LogP contribution in [0.5, 0.6) is 0 Å². The van der Waals surface area contributed by atoms with Gasteiger partial charge in [-0.3, -0.25) is 9.59 Å². The number of hydrogen-bond acceptors (Lipinski definition) is 3. The van der Waals surface area contributed by atoms with Crippen molar-refractivity contribution in [1.29, 1.82) is 0 Å². The van der Waals surface area contributed by atoms with Crippen LogP contribution in [-0.4, -0.2) is 44.0 Å². The number of halogens is 3. The van der Waals surface area contributed by atoms with Gasteiger partial charge in [-0.25, -0.2) is 18.2 Å². The summed E-state index contributed by atoms with van der Waals surface area (Å²) in [7, 11) is 0. The third kappa shape index (κ3) is 6.46. The number of rotatable bonds is 8. The molecule has 2 rings (SSSR count). The number of carbonyl (C=O) groups excluding carboxylic acids is 2. The summed E-state index contributed by atoms with van der Waals surface area (Å²) in [5.74, 6) is -4.66. The fourth-order valence-electron chi connectivity index (χ4n) is 2.16. The van der Waals surface area contributed by atoms with Crippen molar-refractivity contribution >= 4 is 23.5 Å². The predicted molar refractivity (Wildman–Crippen MR) is 94.7 cm³/mol. The smallest absolute Gasteiger partial charge is 0.246 e. The predicted octanol–water partition coefficient (Wildman–Crippen LogP) is 1.12. The first kappa shape index (κ1) is 20.5. The summed E-state index contributed by atoms with van der Waals surface area (Å²) in [4.78, 5) is 27.4. The SMILES string of the molecule is CCNC(=NCC(=O)Nc1ccc(F)c(F)c1F)NCCNC(=O)C1CC1. The van der Waals surface area contributed by atoms with Gasteiger partial charge in [-0.15, -0.1) is 0 Å². The van der Waals surface area contributed by atoms with Crippen LogP contribution < -0.4 is 21.3 Å². The number of amides is 2. The van der Waals surface area contributed by atoms with Gasteiger partial charge in [0.05, 0.1) is 5.69 Å². The summed E-state index contributed by atoms with van der Waals surface area (Å²) < 4.78 is 39.6. The van der Waals surface area contributed by atoms with Crippen molar-refractivity contribution in [3.8, 4) is 0 Å². The zero-order chi connectivity index (χ0) is 19.8. The molecule has 1 aromatic rings. The number of guanidine groups is 1. The molecule has 2 amide bonds. The van der Waals surface area contributed by atoms with E-state index in [1.807, 2.05) is 6.92 Å². The molecular weight excluding hydrogens is 363 g/mol. The minimum atomic E-state index is -1.65. The molecule has 0 aromatic heterocycles. The Hall–Kier alpha value is -2.78. The Morgan fingerprint density at radius 3 is 2.44 bits per heavy atom. The molecule has 1 aliphatic rings. The van der Waals surface area contributed by atoms with Gasteiger partial charge in [-0.1, -0.05) is 0 Å². The maximum absolute atomic E-state index is 13.5. The molecule has 0 atom stereocenters. The van der Waals surface area contributed by atoms with E-state index in [9.17, 15) is 22.8 Å². The third-order valence-electron chi connectivity index (χ3n) is 3.70. The van der Waals surface area contributed by atoms with Crippen molar-refractivity contribution in [3.05, 3.63) is 29.6 Å². The van der Waals surface area contributed by atoms with E-state index < -0.39 is 29.0 Å². The molecule has 1 saturated carbocycles. The summed E-state index contributed by atoms with van der Waals surface area (Å²) in [5, 5.41) is 10.8. The van der Waals surface area contributed by atoms with E-state index >= 15 is 0 Å². The molecule has 0 aliphatic heterocycles. The molecule has 1 fully saturated rings. The summed E-state index contributed by atoms with van der Waals surface area (Å²) in [6.07, 6.45) is 1.86. The lowest BCUT2D eigenvalue weighted by atomic mass is 10.3. The Kier molecular flexibility index (Phi) is 7.44. The first-order chi connectivity index (χ1) is 12.9. The molecule has 0 radical (unpaired) electrons. The summed E-state index contributed by atoms with van der Waals surface area (Å²) >= 11 is 0. The Labute approximate surface area is 154 Å². The minimum Gasteiger partial charge on any atom is -0.357 e. The van der Waals surface area contributed by atoms with E-state index in [1.54, 1.807) is 0 Å². The van der Waals surface area contributed by atoms with Gasteiger partial charge in [0.15, 0.2) is 23.4 Å². The van der Waals surface area contributed by atoms with Crippen LogP contribution in [0, 0.1) is 23.4 Å². The molecule has 10 heteroatoms. The Morgan fingerprint density at radius 1 is 1.07 bits per heavy atom. The molecule has 0 spiro atoms. The molecule has 4 N–H and O–H groups in total. The zero-order valence-electron chi connectivity index (χ0n) is 14.9. The fourth-order valence-corrected chi connectivity index (χ4v) is 2.16. The highest BCUT2D eigenvalue weighted by atomic mass is 19.2.